The fraction of sp³-hybridized carbons (Fsp3) is 0.625. The number of carbonyl (C=O) groups is 3. The minimum absolute atomic E-state index is 0.189. The van der Waals surface area contributed by atoms with E-state index in [4.69, 9.17) is 10.2 Å². The highest BCUT2D eigenvalue weighted by atomic mass is 32.1. The molecule has 0 aliphatic rings. The van der Waals surface area contributed by atoms with Gasteiger partial charge in [-0.15, -0.1) is 0 Å². The molecule has 6 heteroatoms. The van der Waals surface area contributed by atoms with Gasteiger partial charge in [0, 0.05) is 0 Å². The first-order chi connectivity index (χ1) is 6.31. The fourth-order valence-electron chi connectivity index (χ4n) is 0.973. The quantitative estimate of drug-likeness (QED) is 0.450. The molecule has 0 saturated heterocycles. The van der Waals surface area contributed by atoms with E-state index in [1.54, 1.807) is 6.92 Å². The summed E-state index contributed by atoms with van der Waals surface area (Å²) in [6.45, 7) is 1.59. The summed E-state index contributed by atoms with van der Waals surface area (Å²) in [5.41, 5.74) is 0. The Balaban J connectivity index is 4.58. The Kier molecular flexibility index (Phi) is 4.62. The van der Waals surface area contributed by atoms with E-state index in [2.05, 4.69) is 12.6 Å². The molecule has 0 aliphatic carbocycles. The molecule has 14 heavy (non-hydrogen) atoms. The fourth-order valence-corrected chi connectivity index (χ4v) is 1.19. The van der Waals surface area contributed by atoms with Crippen molar-refractivity contribution in [3.05, 3.63) is 0 Å². The van der Waals surface area contributed by atoms with Crippen LogP contribution in [0.15, 0.2) is 0 Å². The van der Waals surface area contributed by atoms with Gasteiger partial charge < -0.3 is 10.2 Å². The van der Waals surface area contributed by atoms with Gasteiger partial charge in [0.1, 0.15) is 6.42 Å². The van der Waals surface area contributed by atoms with Gasteiger partial charge in [-0.3, -0.25) is 14.4 Å². The Morgan fingerprint density at radius 1 is 1.21 bits per heavy atom. The standard InChI is InChI=1S/C8H12O5S/c1-2-8(14,4-7(12)13)5(9)3-6(10)11/h14H,2-4H2,1H3,(H,10,11)(H,12,13). The number of carbonyl (C=O) groups excluding carboxylic acids is 1. The van der Waals surface area contributed by atoms with Gasteiger partial charge in [-0.05, 0) is 6.42 Å². The molecule has 5 nitrogen and oxygen atoms in total. The van der Waals surface area contributed by atoms with E-state index in [0.717, 1.165) is 0 Å². The zero-order valence-corrected chi connectivity index (χ0v) is 8.58. The highest BCUT2D eigenvalue weighted by molar-refractivity contribution is 7.82. The van der Waals surface area contributed by atoms with E-state index >= 15 is 0 Å². The summed E-state index contributed by atoms with van der Waals surface area (Å²) in [7, 11) is 0. The van der Waals surface area contributed by atoms with Crippen LogP contribution in [0.3, 0.4) is 0 Å². The molecule has 0 aromatic carbocycles. The maximum Gasteiger partial charge on any atom is 0.310 e. The lowest BCUT2D eigenvalue weighted by Crippen LogP contribution is -2.36. The summed E-state index contributed by atoms with van der Waals surface area (Å²) in [5.74, 6) is -3.11. The second kappa shape index (κ2) is 4.99. The topological polar surface area (TPSA) is 91.7 Å². The highest BCUT2D eigenvalue weighted by Gasteiger charge is 2.35. The molecule has 0 aromatic heterocycles. The van der Waals surface area contributed by atoms with Crippen LogP contribution in [-0.2, 0) is 14.4 Å². The van der Waals surface area contributed by atoms with Crippen molar-refractivity contribution < 1.29 is 24.6 Å². The third kappa shape index (κ3) is 3.78. The molecule has 0 rings (SSSR count). The highest BCUT2D eigenvalue weighted by Crippen LogP contribution is 2.26. The van der Waals surface area contributed by atoms with Crippen LogP contribution in [0.2, 0.25) is 0 Å². The lowest BCUT2D eigenvalue weighted by molar-refractivity contribution is -0.144. The van der Waals surface area contributed by atoms with Crippen LogP contribution in [0.4, 0.5) is 0 Å². The van der Waals surface area contributed by atoms with Crippen molar-refractivity contribution in [2.45, 2.75) is 30.9 Å². The predicted octanol–water partition coefficient (Wildman–Crippen LogP) is 0.584. The third-order valence-corrected chi connectivity index (χ3v) is 2.58. The molecule has 0 amide bonds. The third-order valence-electron chi connectivity index (χ3n) is 1.86. The average Bonchev–Trinajstić information content (AvgIpc) is 2.01. The van der Waals surface area contributed by atoms with E-state index in [0.29, 0.717) is 0 Å². The van der Waals surface area contributed by atoms with Crippen molar-refractivity contribution >= 4 is 30.4 Å². The summed E-state index contributed by atoms with van der Waals surface area (Å²) in [6, 6.07) is 0. The molecular formula is C8H12O5S. The van der Waals surface area contributed by atoms with Crippen molar-refractivity contribution in [2.75, 3.05) is 0 Å². The lowest BCUT2D eigenvalue weighted by Gasteiger charge is -2.22. The number of ketones is 1. The Hall–Kier alpha value is -1.04. The van der Waals surface area contributed by atoms with Gasteiger partial charge in [-0.25, -0.2) is 0 Å². The summed E-state index contributed by atoms with van der Waals surface area (Å²) >= 11 is 3.93. The number of rotatable bonds is 6. The SMILES string of the molecule is CCC(S)(CC(=O)O)C(=O)CC(=O)O. The van der Waals surface area contributed by atoms with Crippen LogP contribution in [-0.4, -0.2) is 32.7 Å². The van der Waals surface area contributed by atoms with Crippen LogP contribution in [0.1, 0.15) is 26.2 Å². The molecule has 1 atom stereocenters. The molecule has 0 spiro atoms. The molecular weight excluding hydrogens is 208 g/mol. The zero-order chi connectivity index (χ0) is 11.4. The van der Waals surface area contributed by atoms with E-state index in [1.807, 2.05) is 0 Å². The molecule has 0 fully saturated rings. The van der Waals surface area contributed by atoms with Crippen molar-refractivity contribution in [3.63, 3.8) is 0 Å². The summed E-state index contributed by atoms with van der Waals surface area (Å²) < 4.78 is -1.37. The van der Waals surface area contributed by atoms with Gasteiger partial charge in [0.25, 0.3) is 0 Å². The monoisotopic (exact) mass is 220 g/mol. The minimum Gasteiger partial charge on any atom is -0.481 e. The van der Waals surface area contributed by atoms with Crippen molar-refractivity contribution in [2.24, 2.45) is 0 Å². The molecule has 0 aromatic rings. The second-order valence-electron chi connectivity index (χ2n) is 2.95. The normalized spacial score (nSPS) is 14.4. The first kappa shape index (κ1) is 13.0. The molecule has 0 saturated carbocycles. The van der Waals surface area contributed by atoms with E-state index in [1.165, 1.54) is 0 Å². The number of aliphatic carboxylic acids is 2. The molecule has 80 valence electrons. The number of carboxylic acids is 2. The van der Waals surface area contributed by atoms with Gasteiger partial charge in [0.15, 0.2) is 5.78 Å². The number of Topliss-reactive ketones (excluding diaryl/α,β-unsaturated/α-hetero) is 1. The van der Waals surface area contributed by atoms with Crippen molar-refractivity contribution in [1.82, 2.24) is 0 Å². The first-order valence-corrected chi connectivity index (χ1v) is 4.46. The number of carboxylic acid groups (broad SMARTS) is 2. The Bertz CT molecular complexity index is 262. The Morgan fingerprint density at radius 3 is 2.00 bits per heavy atom. The first-order valence-electron chi connectivity index (χ1n) is 4.01. The molecule has 2 N–H and O–H groups in total. The molecule has 0 heterocycles. The van der Waals surface area contributed by atoms with Crippen molar-refractivity contribution in [3.8, 4) is 0 Å². The summed E-state index contributed by atoms with van der Waals surface area (Å²) in [4.78, 5) is 32.0. The lowest BCUT2D eigenvalue weighted by atomic mass is 9.94. The van der Waals surface area contributed by atoms with Gasteiger partial charge in [-0.1, -0.05) is 6.92 Å². The van der Waals surface area contributed by atoms with E-state index < -0.39 is 35.3 Å². The van der Waals surface area contributed by atoms with Crippen LogP contribution >= 0.6 is 12.6 Å². The van der Waals surface area contributed by atoms with Gasteiger partial charge in [-0.2, -0.15) is 12.6 Å². The van der Waals surface area contributed by atoms with Gasteiger partial charge in [0.05, 0.1) is 11.2 Å². The molecule has 0 aliphatic heterocycles. The summed E-state index contributed by atoms with van der Waals surface area (Å²) in [6.07, 6.45) is -0.960. The second-order valence-corrected chi connectivity index (χ2v) is 3.81. The van der Waals surface area contributed by atoms with Gasteiger partial charge in [0.2, 0.25) is 0 Å². The van der Waals surface area contributed by atoms with Crippen LogP contribution in [0.5, 0.6) is 0 Å². The minimum atomic E-state index is -1.37. The van der Waals surface area contributed by atoms with Gasteiger partial charge >= 0.3 is 11.9 Å². The van der Waals surface area contributed by atoms with Crippen LogP contribution in [0, 0.1) is 0 Å². The molecule has 1 unspecified atom stereocenters. The summed E-state index contributed by atoms with van der Waals surface area (Å²) in [5, 5.41) is 16.9. The smallest absolute Gasteiger partial charge is 0.310 e. The Labute approximate surface area is 86.5 Å². The van der Waals surface area contributed by atoms with E-state index in [-0.39, 0.29) is 6.42 Å². The van der Waals surface area contributed by atoms with Crippen LogP contribution in [0.25, 0.3) is 0 Å². The number of thiol groups is 1. The average molecular weight is 220 g/mol. The maximum atomic E-state index is 11.3. The van der Waals surface area contributed by atoms with E-state index in [9.17, 15) is 14.4 Å². The molecule has 0 radical (unpaired) electrons. The Morgan fingerprint density at radius 2 is 1.71 bits per heavy atom. The number of hydrogen-bond acceptors (Lipinski definition) is 4. The predicted molar refractivity (Wildman–Crippen MR) is 51.5 cm³/mol. The number of hydrogen-bond donors (Lipinski definition) is 3. The largest absolute Gasteiger partial charge is 0.481 e. The van der Waals surface area contributed by atoms with Crippen molar-refractivity contribution in [1.29, 1.82) is 0 Å². The molecule has 0 bridgehead atoms. The zero-order valence-electron chi connectivity index (χ0n) is 7.69. The maximum absolute atomic E-state index is 11.3. The van der Waals surface area contributed by atoms with Crippen LogP contribution < -0.4 is 0 Å².